The van der Waals surface area contributed by atoms with Crippen LogP contribution in [-0.4, -0.2) is 41.3 Å². The molecule has 2 atom stereocenters. The first-order valence-electron chi connectivity index (χ1n) is 7.85. The van der Waals surface area contributed by atoms with Crippen LogP contribution >= 0.6 is 0 Å². The summed E-state index contributed by atoms with van der Waals surface area (Å²) in [5, 5.41) is 0. The molecule has 0 spiro atoms. The predicted molar refractivity (Wildman–Crippen MR) is 84.5 cm³/mol. The summed E-state index contributed by atoms with van der Waals surface area (Å²) in [6, 6.07) is 5.82. The third kappa shape index (κ3) is 4.98. The molecule has 2 rings (SSSR count). The number of likely N-dealkylation sites (tertiary alicyclic amines) is 1. The van der Waals surface area contributed by atoms with E-state index >= 15 is 0 Å². The van der Waals surface area contributed by atoms with Gasteiger partial charge in [-0.05, 0) is 46.2 Å². The second-order valence-corrected chi connectivity index (χ2v) is 6.81. The largest absolute Gasteiger partial charge is 0.444 e. The summed E-state index contributed by atoms with van der Waals surface area (Å²) < 4.78 is 11.3. The SMILES string of the molecule is C[C@@H](OC[C@H]1CCN(C(=O)OC(C)(C)C)C1)c1ccccn1. The lowest BCUT2D eigenvalue weighted by Gasteiger charge is -2.24. The zero-order chi connectivity index (χ0) is 16.2. The van der Waals surface area contributed by atoms with Crippen LogP contribution in [-0.2, 0) is 9.47 Å². The molecule has 1 fully saturated rings. The number of pyridine rings is 1. The van der Waals surface area contributed by atoms with E-state index in [0.29, 0.717) is 19.1 Å². The fourth-order valence-corrected chi connectivity index (χ4v) is 2.44. The van der Waals surface area contributed by atoms with Crippen molar-refractivity contribution in [2.75, 3.05) is 19.7 Å². The van der Waals surface area contributed by atoms with Crippen LogP contribution in [0, 0.1) is 5.92 Å². The number of hydrogen-bond acceptors (Lipinski definition) is 4. The highest BCUT2D eigenvalue weighted by molar-refractivity contribution is 5.68. The van der Waals surface area contributed by atoms with Crippen molar-refractivity contribution in [1.29, 1.82) is 0 Å². The van der Waals surface area contributed by atoms with Crippen LogP contribution in [0.25, 0.3) is 0 Å². The van der Waals surface area contributed by atoms with Gasteiger partial charge in [-0.3, -0.25) is 4.98 Å². The van der Waals surface area contributed by atoms with Crippen molar-refractivity contribution in [2.24, 2.45) is 5.92 Å². The molecule has 1 aliphatic rings. The van der Waals surface area contributed by atoms with E-state index in [1.165, 1.54) is 0 Å². The van der Waals surface area contributed by atoms with E-state index in [2.05, 4.69) is 4.98 Å². The Kier molecular flexibility index (Phi) is 5.40. The highest BCUT2D eigenvalue weighted by Gasteiger charge is 2.30. The number of carbonyl (C=O) groups is 1. The van der Waals surface area contributed by atoms with Gasteiger partial charge in [0.05, 0.1) is 18.4 Å². The molecule has 0 saturated carbocycles. The lowest BCUT2D eigenvalue weighted by Crippen LogP contribution is -2.35. The number of nitrogens with zero attached hydrogens (tertiary/aromatic N) is 2. The maximum absolute atomic E-state index is 12.0. The normalized spacial score (nSPS) is 20.0. The van der Waals surface area contributed by atoms with Gasteiger partial charge in [-0.25, -0.2) is 4.79 Å². The minimum Gasteiger partial charge on any atom is -0.444 e. The average Bonchev–Trinajstić information content (AvgIpc) is 2.93. The Morgan fingerprint density at radius 1 is 1.45 bits per heavy atom. The molecule has 1 aromatic rings. The fourth-order valence-electron chi connectivity index (χ4n) is 2.44. The van der Waals surface area contributed by atoms with Crippen LogP contribution in [0.1, 0.15) is 45.9 Å². The highest BCUT2D eigenvalue weighted by Crippen LogP contribution is 2.22. The molecular weight excluding hydrogens is 280 g/mol. The third-order valence-electron chi connectivity index (χ3n) is 3.62. The maximum Gasteiger partial charge on any atom is 0.410 e. The average molecular weight is 306 g/mol. The smallest absolute Gasteiger partial charge is 0.410 e. The molecule has 0 aromatic carbocycles. The second kappa shape index (κ2) is 7.09. The summed E-state index contributed by atoms with van der Waals surface area (Å²) in [7, 11) is 0. The van der Waals surface area contributed by atoms with Gasteiger partial charge in [0, 0.05) is 25.2 Å². The van der Waals surface area contributed by atoms with Gasteiger partial charge in [-0.2, -0.15) is 0 Å². The first kappa shape index (κ1) is 16.7. The minimum absolute atomic E-state index is 0.0308. The summed E-state index contributed by atoms with van der Waals surface area (Å²) in [5.41, 5.74) is 0.489. The number of ether oxygens (including phenoxy) is 2. The molecule has 1 saturated heterocycles. The number of aromatic nitrogens is 1. The number of hydrogen-bond donors (Lipinski definition) is 0. The number of rotatable bonds is 4. The molecular formula is C17H26N2O3. The van der Waals surface area contributed by atoms with E-state index in [1.807, 2.05) is 45.9 Å². The topological polar surface area (TPSA) is 51.7 Å². The van der Waals surface area contributed by atoms with Crippen molar-refractivity contribution in [3.05, 3.63) is 30.1 Å². The van der Waals surface area contributed by atoms with Gasteiger partial charge in [-0.15, -0.1) is 0 Å². The molecule has 0 N–H and O–H groups in total. The summed E-state index contributed by atoms with van der Waals surface area (Å²) in [6.07, 6.45) is 2.47. The summed E-state index contributed by atoms with van der Waals surface area (Å²) in [4.78, 5) is 18.1. The van der Waals surface area contributed by atoms with Crippen molar-refractivity contribution in [1.82, 2.24) is 9.88 Å². The molecule has 22 heavy (non-hydrogen) atoms. The van der Waals surface area contributed by atoms with E-state index < -0.39 is 5.60 Å². The first-order chi connectivity index (χ1) is 10.3. The van der Waals surface area contributed by atoms with Crippen LogP contribution in [0.5, 0.6) is 0 Å². The molecule has 2 heterocycles. The minimum atomic E-state index is -0.445. The fraction of sp³-hybridized carbons (Fsp3) is 0.647. The van der Waals surface area contributed by atoms with E-state index in [4.69, 9.17) is 9.47 Å². The molecule has 122 valence electrons. The molecule has 1 amide bonds. The lowest BCUT2D eigenvalue weighted by molar-refractivity contribution is 0.0228. The quantitative estimate of drug-likeness (QED) is 0.855. The molecule has 0 aliphatic carbocycles. The Hall–Kier alpha value is -1.62. The van der Waals surface area contributed by atoms with Crippen molar-refractivity contribution in [2.45, 2.75) is 45.8 Å². The molecule has 1 aliphatic heterocycles. The van der Waals surface area contributed by atoms with Crippen molar-refractivity contribution in [3.63, 3.8) is 0 Å². The highest BCUT2D eigenvalue weighted by atomic mass is 16.6. The van der Waals surface area contributed by atoms with Crippen LogP contribution in [0.3, 0.4) is 0 Å². The predicted octanol–water partition coefficient (Wildman–Crippen LogP) is 3.42. The van der Waals surface area contributed by atoms with Crippen LogP contribution < -0.4 is 0 Å². The zero-order valence-corrected chi connectivity index (χ0v) is 13.9. The Bertz CT molecular complexity index is 484. The van der Waals surface area contributed by atoms with E-state index in [9.17, 15) is 4.79 Å². The van der Waals surface area contributed by atoms with Gasteiger partial charge in [0.1, 0.15) is 5.60 Å². The summed E-state index contributed by atoms with van der Waals surface area (Å²) in [6.45, 7) is 9.73. The van der Waals surface area contributed by atoms with Gasteiger partial charge < -0.3 is 14.4 Å². The standard InChI is InChI=1S/C17H26N2O3/c1-13(15-7-5-6-9-18-15)21-12-14-8-10-19(11-14)16(20)22-17(2,3)4/h5-7,9,13-14H,8,10-12H2,1-4H3/t13-,14+/m1/s1. The summed E-state index contributed by atoms with van der Waals surface area (Å²) >= 11 is 0. The third-order valence-corrected chi connectivity index (χ3v) is 3.62. The van der Waals surface area contributed by atoms with Crippen LogP contribution in [0.15, 0.2) is 24.4 Å². The molecule has 5 heteroatoms. The van der Waals surface area contributed by atoms with Gasteiger partial charge in [0.15, 0.2) is 0 Å². The first-order valence-corrected chi connectivity index (χ1v) is 7.85. The van der Waals surface area contributed by atoms with Gasteiger partial charge >= 0.3 is 6.09 Å². The Balaban J connectivity index is 1.76. The lowest BCUT2D eigenvalue weighted by atomic mass is 10.1. The van der Waals surface area contributed by atoms with E-state index in [-0.39, 0.29) is 12.2 Å². The zero-order valence-electron chi connectivity index (χ0n) is 13.9. The molecule has 5 nitrogen and oxygen atoms in total. The molecule has 0 unspecified atom stereocenters. The number of carbonyl (C=O) groups excluding carboxylic acids is 1. The summed E-state index contributed by atoms with van der Waals surface area (Å²) in [5.74, 6) is 0.360. The molecule has 1 aromatic heterocycles. The van der Waals surface area contributed by atoms with Crippen molar-refractivity contribution in [3.8, 4) is 0 Å². The second-order valence-electron chi connectivity index (χ2n) is 6.81. The number of amides is 1. The Labute approximate surface area is 132 Å². The van der Waals surface area contributed by atoms with Crippen molar-refractivity contribution < 1.29 is 14.3 Å². The maximum atomic E-state index is 12.0. The van der Waals surface area contributed by atoms with Crippen molar-refractivity contribution >= 4 is 6.09 Å². The monoisotopic (exact) mass is 306 g/mol. The van der Waals surface area contributed by atoms with Gasteiger partial charge in [0.2, 0.25) is 0 Å². The van der Waals surface area contributed by atoms with E-state index in [0.717, 1.165) is 18.7 Å². The Morgan fingerprint density at radius 3 is 2.86 bits per heavy atom. The van der Waals surface area contributed by atoms with Crippen LogP contribution in [0.4, 0.5) is 4.79 Å². The molecule has 0 radical (unpaired) electrons. The Morgan fingerprint density at radius 2 is 2.23 bits per heavy atom. The van der Waals surface area contributed by atoms with Gasteiger partial charge in [-0.1, -0.05) is 6.07 Å². The molecule has 0 bridgehead atoms. The van der Waals surface area contributed by atoms with Gasteiger partial charge in [0.25, 0.3) is 0 Å². The van der Waals surface area contributed by atoms with Crippen LogP contribution in [0.2, 0.25) is 0 Å². The van der Waals surface area contributed by atoms with E-state index in [1.54, 1.807) is 11.1 Å².